The maximum Gasteiger partial charge on any atom is 0.144 e. The van der Waals surface area contributed by atoms with E-state index in [2.05, 4.69) is 24.2 Å². The van der Waals surface area contributed by atoms with Crippen LogP contribution in [-0.2, 0) is 0 Å². The molecule has 2 unspecified atom stereocenters. The molecule has 0 saturated carbocycles. The van der Waals surface area contributed by atoms with E-state index in [1.54, 1.807) is 13.2 Å². The molecule has 1 N–H and O–H groups in total. The van der Waals surface area contributed by atoms with Crippen LogP contribution < -0.4 is 10.1 Å². The Bertz CT molecular complexity index is 411. The van der Waals surface area contributed by atoms with Gasteiger partial charge >= 0.3 is 0 Å². The number of anilines is 1. The zero-order chi connectivity index (χ0) is 13.1. The van der Waals surface area contributed by atoms with Gasteiger partial charge in [-0.15, -0.1) is 0 Å². The summed E-state index contributed by atoms with van der Waals surface area (Å²) in [6, 6.07) is 5.62. The van der Waals surface area contributed by atoms with Crippen molar-refractivity contribution in [3.63, 3.8) is 0 Å². The van der Waals surface area contributed by atoms with Crippen molar-refractivity contribution in [3.05, 3.63) is 24.0 Å². The molecular formula is C14H21FN2O. The lowest BCUT2D eigenvalue weighted by atomic mass is 9.98. The number of hydrogen-bond acceptors (Lipinski definition) is 3. The van der Waals surface area contributed by atoms with Gasteiger partial charge in [0.05, 0.1) is 12.8 Å². The molecule has 0 radical (unpaired) electrons. The molecule has 4 heteroatoms. The Balaban J connectivity index is 2.05. The second kappa shape index (κ2) is 5.57. The van der Waals surface area contributed by atoms with Crippen LogP contribution in [0.3, 0.4) is 0 Å². The lowest BCUT2D eigenvalue weighted by molar-refractivity contribution is 0.190. The average molecular weight is 252 g/mol. The third-order valence-corrected chi connectivity index (χ3v) is 3.73. The minimum Gasteiger partial charge on any atom is -0.494 e. The van der Waals surface area contributed by atoms with Crippen molar-refractivity contribution in [2.24, 2.45) is 0 Å². The Morgan fingerprint density at radius 2 is 2.22 bits per heavy atom. The molecule has 100 valence electrons. The Kier molecular flexibility index (Phi) is 4.07. The molecule has 2 rings (SSSR count). The Labute approximate surface area is 108 Å². The number of likely N-dealkylation sites (tertiary alicyclic amines) is 1. The van der Waals surface area contributed by atoms with Crippen LogP contribution in [0.2, 0.25) is 0 Å². The number of methoxy groups -OCH3 is 1. The Morgan fingerprint density at radius 3 is 2.89 bits per heavy atom. The number of ether oxygens (including phenoxy) is 1. The minimum absolute atomic E-state index is 0.269. The average Bonchev–Trinajstić information content (AvgIpc) is 2.36. The van der Waals surface area contributed by atoms with Gasteiger partial charge < -0.3 is 15.0 Å². The van der Waals surface area contributed by atoms with Gasteiger partial charge in [0.15, 0.2) is 0 Å². The van der Waals surface area contributed by atoms with E-state index in [-0.39, 0.29) is 5.82 Å². The largest absolute Gasteiger partial charge is 0.494 e. The van der Waals surface area contributed by atoms with Crippen molar-refractivity contribution in [2.45, 2.75) is 31.8 Å². The van der Waals surface area contributed by atoms with E-state index >= 15 is 0 Å². The fourth-order valence-electron chi connectivity index (χ4n) is 2.42. The van der Waals surface area contributed by atoms with Gasteiger partial charge in [0.2, 0.25) is 0 Å². The fraction of sp³-hybridized carbons (Fsp3) is 0.571. The number of nitrogens with one attached hydrogen (secondary N) is 1. The third kappa shape index (κ3) is 2.93. The first kappa shape index (κ1) is 13.1. The van der Waals surface area contributed by atoms with Gasteiger partial charge in [0.1, 0.15) is 11.6 Å². The highest BCUT2D eigenvalue weighted by atomic mass is 19.1. The van der Waals surface area contributed by atoms with E-state index in [0.717, 1.165) is 25.1 Å². The van der Waals surface area contributed by atoms with Crippen molar-refractivity contribution >= 4 is 5.69 Å². The maximum atomic E-state index is 13.1. The molecule has 0 aliphatic carbocycles. The zero-order valence-corrected chi connectivity index (χ0v) is 11.2. The second-order valence-electron chi connectivity index (χ2n) is 5.04. The molecule has 0 amide bonds. The standard InChI is InChI=1S/C14H21FN2O/c1-10-8-12(6-7-17(10)2)16-13-5-4-11(15)9-14(13)18-3/h4-5,9-10,12,16H,6-8H2,1-3H3. The highest BCUT2D eigenvalue weighted by Crippen LogP contribution is 2.28. The summed E-state index contributed by atoms with van der Waals surface area (Å²) in [5, 5.41) is 3.46. The first-order valence-electron chi connectivity index (χ1n) is 6.40. The van der Waals surface area contributed by atoms with Crippen molar-refractivity contribution in [1.82, 2.24) is 4.90 Å². The highest BCUT2D eigenvalue weighted by molar-refractivity contribution is 5.57. The van der Waals surface area contributed by atoms with Crippen LogP contribution in [0.25, 0.3) is 0 Å². The predicted molar refractivity (Wildman–Crippen MR) is 71.7 cm³/mol. The Morgan fingerprint density at radius 1 is 1.44 bits per heavy atom. The topological polar surface area (TPSA) is 24.5 Å². The molecule has 1 aliphatic rings. The summed E-state index contributed by atoms with van der Waals surface area (Å²) in [5.41, 5.74) is 0.876. The molecule has 1 aromatic rings. The van der Waals surface area contributed by atoms with Gasteiger partial charge in [0, 0.05) is 24.7 Å². The Hall–Kier alpha value is -1.29. The van der Waals surface area contributed by atoms with Crippen LogP contribution in [0.4, 0.5) is 10.1 Å². The smallest absolute Gasteiger partial charge is 0.144 e. The van der Waals surface area contributed by atoms with Crippen LogP contribution in [0.15, 0.2) is 18.2 Å². The minimum atomic E-state index is -0.269. The van der Waals surface area contributed by atoms with Crippen LogP contribution in [0.1, 0.15) is 19.8 Å². The van der Waals surface area contributed by atoms with E-state index in [4.69, 9.17) is 4.74 Å². The van der Waals surface area contributed by atoms with Gasteiger partial charge in [-0.2, -0.15) is 0 Å². The van der Waals surface area contributed by atoms with Gasteiger partial charge in [-0.25, -0.2) is 4.39 Å². The van der Waals surface area contributed by atoms with Crippen molar-refractivity contribution in [1.29, 1.82) is 0 Å². The predicted octanol–water partition coefficient (Wildman–Crippen LogP) is 2.73. The summed E-state index contributed by atoms with van der Waals surface area (Å²) < 4.78 is 18.3. The second-order valence-corrected chi connectivity index (χ2v) is 5.04. The van der Waals surface area contributed by atoms with Gasteiger partial charge in [-0.3, -0.25) is 0 Å². The molecule has 18 heavy (non-hydrogen) atoms. The summed E-state index contributed by atoms with van der Waals surface area (Å²) in [6.07, 6.45) is 2.19. The molecule has 0 spiro atoms. The molecule has 2 atom stereocenters. The monoisotopic (exact) mass is 252 g/mol. The van der Waals surface area contributed by atoms with Crippen LogP contribution in [-0.4, -0.2) is 37.7 Å². The summed E-state index contributed by atoms with van der Waals surface area (Å²) in [6.45, 7) is 3.32. The van der Waals surface area contributed by atoms with Crippen LogP contribution in [0, 0.1) is 5.82 Å². The number of benzene rings is 1. The lowest BCUT2D eigenvalue weighted by Gasteiger charge is -2.36. The first-order chi connectivity index (χ1) is 8.60. The quantitative estimate of drug-likeness (QED) is 0.895. The first-order valence-corrected chi connectivity index (χ1v) is 6.40. The van der Waals surface area contributed by atoms with Crippen molar-refractivity contribution in [3.8, 4) is 5.75 Å². The lowest BCUT2D eigenvalue weighted by Crippen LogP contribution is -2.42. The summed E-state index contributed by atoms with van der Waals surface area (Å²) in [4.78, 5) is 2.36. The van der Waals surface area contributed by atoms with E-state index in [9.17, 15) is 4.39 Å². The molecule has 1 saturated heterocycles. The molecule has 0 aromatic heterocycles. The number of nitrogens with zero attached hydrogens (tertiary/aromatic N) is 1. The number of rotatable bonds is 3. The summed E-state index contributed by atoms with van der Waals surface area (Å²) in [5.74, 6) is 0.302. The molecule has 0 bridgehead atoms. The summed E-state index contributed by atoms with van der Waals surface area (Å²) in [7, 11) is 3.72. The normalized spacial score (nSPS) is 24.9. The molecule has 3 nitrogen and oxygen atoms in total. The fourth-order valence-corrected chi connectivity index (χ4v) is 2.42. The van der Waals surface area contributed by atoms with E-state index in [1.165, 1.54) is 12.1 Å². The molecular weight excluding hydrogens is 231 g/mol. The molecule has 1 heterocycles. The highest BCUT2D eigenvalue weighted by Gasteiger charge is 2.23. The molecule has 1 aromatic carbocycles. The number of hydrogen-bond donors (Lipinski definition) is 1. The van der Waals surface area contributed by atoms with Crippen LogP contribution >= 0.6 is 0 Å². The van der Waals surface area contributed by atoms with Gasteiger partial charge in [-0.05, 0) is 38.9 Å². The van der Waals surface area contributed by atoms with Crippen LogP contribution in [0.5, 0.6) is 5.75 Å². The molecule has 1 aliphatic heterocycles. The van der Waals surface area contributed by atoms with Crippen molar-refractivity contribution in [2.75, 3.05) is 26.0 Å². The zero-order valence-electron chi connectivity index (χ0n) is 11.2. The van der Waals surface area contributed by atoms with E-state index in [0.29, 0.717) is 17.8 Å². The molecule has 1 fully saturated rings. The van der Waals surface area contributed by atoms with Gasteiger partial charge in [-0.1, -0.05) is 0 Å². The summed E-state index contributed by atoms with van der Waals surface area (Å²) >= 11 is 0. The van der Waals surface area contributed by atoms with E-state index in [1.807, 2.05) is 0 Å². The number of halogens is 1. The SMILES string of the molecule is COc1cc(F)ccc1NC1CCN(C)C(C)C1. The van der Waals surface area contributed by atoms with E-state index < -0.39 is 0 Å². The third-order valence-electron chi connectivity index (χ3n) is 3.73. The van der Waals surface area contributed by atoms with Crippen molar-refractivity contribution < 1.29 is 9.13 Å². The maximum absolute atomic E-state index is 13.1. The van der Waals surface area contributed by atoms with Gasteiger partial charge in [0.25, 0.3) is 0 Å². The number of piperidine rings is 1.